The molecule has 0 saturated carbocycles. The van der Waals surface area contributed by atoms with Crippen molar-refractivity contribution in [3.8, 4) is 0 Å². The molecular weight excluding hydrogens is 260 g/mol. The van der Waals surface area contributed by atoms with Crippen LogP contribution in [0, 0.1) is 0 Å². The molecule has 2 aromatic rings. The summed E-state index contributed by atoms with van der Waals surface area (Å²) in [5, 5.41) is 0. The van der Waals surface area contributed by atoms with Gasteiger partial charge in [-0.25, -0.2) is 0 Å². The molecule has 2 N–H and O–H groups in total. The number of fused-ring (bicyclic) bond motifs is 1. The first-order chi connectivity index (χ1) is 10.3. The molecule has 110 valence electrons. The summed E-state index contributed by atoms with van der Waals surface area (Å²) < 4.78 is 5.23. The van der Waals surface area contributed by atoms with Gasteiger partial charge < -0.3 is 10.5 Å². The zero-order valence-electron chi connectivity index (χ0n) is 12.5. The van der Waals surface area contributed by atoms with Crippen LogP contribution in [-0.4, -0.2) is 18.6 Å². The molecule has 21 heavy (non-hydrogen) atoms. The van der Waals surface area contributed by atoms with E-state index in [9.17, 15) is 0 Å². The average molecular weight is 282 g/mol. The molecule has 1 aliphatic rings. The highest BCUT2D eigenvalue weighted by Gasteiger charge is 2.25. The maximum Gasteiger partial charge on any atom is 0.0713 e. The first-order valence-corrected chi connectivity index (χ1v) is 7.40. The quantitative estimate of drug-likeness (QED) is 0.916. The van der Waals surface area contributed by atoms with Crippen LogP contribution in [0.15, 0.2) is 48.5 Å². The van der Waals surface area contributed by atoms with Gasteiger partial charge in [0.05, 0.1) is 6.61 Å². The summed E-state index contributed by atoms with van der Waals surface area (Å²) in [6.07, 6.45) is 0. The number of hydrogen-bond donors (Lipinski definition) is 1. The van der Waals surface area contributed by atoms with Gasteiger partial charge in [0, 0.05) is 32.8 Å². The second-order valence-corrected chi connectivity index (χ2v) is 5.60. The molecule has 1 atom stereocenters. The summed E-state index contributed by atoms with van der Waals surface area (Å²) in [5.41, 5.74) is 11.4. The van der Waals surface area contributed by atoms with Crippen molar-refractivity contribution in [2.24, 2.45) is 5.73 Å². The Kier molecular flexibility index (Phi) is 4.34. The standard InChI is InChI=1S/C18H22N2O/c1-21-13-14-5-4-8-15(9-14)18(10-19)20-11-16-6-2-3-7-17(16)12-20/h2-9,18H,10-13,19H2,1H3. The highest BCUT2D eigenvalue weighted by Crippen LogP contribution is 2.31. The van der Waals surface area contributed by atoms with E-state index < -0.39 is 0 Å². The van der Waals surface area contributed by atoms with E-state index in [2.05, 4.69) is 53.4 Å². The molecule has 0 spiro atoms. The molecule has 0 bridgehead atoms. The van der Waals surface area contributed by atoms with Crippen LogP contribution in [0.3, 0.4) is 0 Å². The van der Waals surface area contributed by atoms with Gasteiger partial charge in [-0.2, -0.15) is 0 Å². The summed E-state index contributed by atoms with van der Waals surface area (Å²) in [6, 6.07) is 17.5. The van der Waals surface area contributed by atoms with Gasteiger partial charge in [0.25, 0.3) is 0 Å². The van der Waals surface area contributed by atoms with E-state index in [0.717, 1.165) is 13.1 Å². The number of ether oxygens (including phenoxy) is 1. The Morgan fingerprint density at radius 1 is 1.10 bits per heavy atom. The molecule has 0 radical (unpaired) electrons. The molecule has 1 heterocycles. The van der Waals surface area contributed by atoms with Gasteiger partial charge in [0.15, 0.2) is 0 Å². The molecule has 3 heteroatoms. The number of benzene rings is 2. The third-order valence-corrected chi connectivity index (χ3v) is 4.18. The fraction of sp³-hybridized carbons (Fsp3) is 0.333. The molecular formula is C18H22N2O. The van der Waals surface area contributed by atoms with E-state index in [0.29, 0.717) is 13.2 Å². The fourth-order valence-electron chi connectivity index (χ4n) is 3.13. The predicted octanol–water partition coefficient (Wildman–Crippen LogP) is 2.85. The molecule has 1 aliphatic heterocycles. The van der Waals surface area contributed by atoms with Crippen molar-refractivity contribution in [1.82, 2.24) is 4.90 Å². The van der Waals surface area contributed by atoms with Crippen LogP contribution in [0.5, 0.6) is 0 Å². The Balaban J connectivity index is 1.82. The Labute approximate surface area is 126 Å². The molecule has 0 fully saturated rings. The molecule has 0 saturated heterocycles. The Hall–Kier alpha value is -1.68. The topological polar surface area (TPSA) is 38.5 Å². The van der Waals surface area contributed by atoms with Crippen LogP contribution in [0.4, 0.5) is 0 Å². The van der Waals surface area contributed by atoms with E-state index in [-0.39, 0.29) is 6.04 Å². The Morgan fingerprint density at radius 3 is 2.43 bits per heavy atom. The van der Waals surface area contributed by atoms with E-state index in [1.807, 2.05) is 0 Å². The Bertz CT molecular complexity index is 587. The van der Waals surface area contributed by atoms with Crippen LogP contribution in [0.1, 0.15) is 28.3 Å². The predicted molar refractivity (Wildman–Crippen MR) is 84.6 cm³/mol. The monoisotopic (exact) mass is 282 g/mol. The van der Waals surface area contributed by atoms with Crippen molar-refractivity contribution >= 4 is 0 Å². The fourth-order valence-corrected chi connectivity index (χ4v) is 3.13. The molecule has 0 amide bonds. The molecule has 1 unspecified atom stereocenters. The van der Waals surface area contributed by atoms with Gasteiger partial charge in [0.2, 0.25) is 0 Å². The largest absolute Gasteiger partial charge is 0.380 e. The second kappa shape index (κ2) is 6.39. The molecule has 3 nitrogen and oxygen atoms in total. The average Bonchev–Trinajstić information content (AvgIpc) is 2.92. The van der Waals surface area contributed by atoms with E-state index in [4.69, 9.17) is 10.5 Å². The lowest BCUT2D eigenvalue weighted by atomic mass is 10.0. The number of nitrogens with zero attached hydrogens (tertiary/aromatic N) is 1. The third kappa shape index (κ3) is 3.00. The summed E-state index contributed by atoms with van der Waals surface area (Å²) in [6.45, 7) is 3.23. The molecule has 2 aromatic carbocycles. The van der Waals surface area contributed by atoms with Crippen molar-refractivity contribution in [3.05, 3.63) is 70.8 Å². The zero-order chi connectivity index (χ0) is 14.7. The van der Waals surface area contributed by atoms with Gasteiger partial charge in [-0.3, -0.25) is 4.90 Å². The maximum atomic E-state index is 6.07. The minimum Gasteiger partial charge on any atom is -0.380 e. The van der Waals surface area contributed by atoms with E-state index in [1.165, 1.54) is 22.3 Å². The van der Waals surface area contributed by atoms with Crippen molar-refractivity contribution in [2.75, 3.05) is 13.7 Å². The van der Waals surface area contributed by atoms with Crippen LogP contribution in [-0.2, 0) is 24.4 Å². The molecule has 3 rings (SSSR count). The highest BCUT2D eigenvalue weighted by molar-refractivity contribution is 5.32. The number of hydrogen-bond acceptors (Lipinski definition) is 3. The van der Waals surface area contributed by atoms with Crippen molar-refractivity contribution in [2.45, 2.75) is 25.7 Å². The minimum atomic E-state index is 0.259. The zero-order valence-corrected chi connectivity index (χ0v) is 12.5. The lowest BCUT2D eigenvalue weighted by Crippen LogP contribution is -2.29. The van der Waals surface area contributed by atoms with E-state index >= 15 is 0 Å². The van der Waals surface area contributed by atoms with Crippen LogP contribution in [0.2, 0.25) is 0 Å². The summed E-state index contributed by atoms with van der Waals surface area (Å²) in [5.74, 6) is 0. The van der Waals surface area contributed by atoms with Crippen LogP contribution >= 0.6 is 0 Å². The molecule has 0 aliphatic carbocycles. The SMILES string of the molecule is COCc1cccc(C(CN)N2Cc3ccccc3C2)c1. The second-order valence-electron chi connectivity index (χ2n) is 5.60. The van der Waals surface area contributed by atoms with Crippen molar-refractivity contribution in [3.63, 3.8) is 0 Å². The minimum absolute atomic E-state index is 0.259. The van der Waals surface area contributed by atoms with Crippen LogP contribution < -0.4 is 5.73 Å². The summed E-state index contributed by atoms with van der Waals surface area (Å²) in [7, 11) is 1.73. The van der Waals surface area contributed by atoms with Gasteiger partial charge in [-0.15, -0.1) is 0 Å². The van der Waals surface area contributed by atoms with E-state index in [1.54, 1.807) is 7.11 Å². The lowest BCUT2D eigenvalue weighted by Gasteiger charge is -2.27. The van der Waals surface area contributed by atoms with Gasteiger partial charge in [0.1, 0.15) is 0 Å². The normalized spacial score (nSPS) is 15.9. The van der Waals surface area contributed by atoms with Crippen LogP contribution in [0.25, 0.3) is 0 Å². The summed E-state index contributed by atoms with van der Waals surface area (Å²) >= 11 is 0. The summed E-state index contributed by atoms with van der Waals surface area (Å²) in [4.78, 5) is 2.45. The highest BCUT2D eigenvalue weighted by atomic mass is 16.5. The van der Waals surface area contributed by atoms with Crippen molar-refractivity contribution in [1.29, 1.82) is 0 Å². The van der Waals surface area contributed by atoms with Crippen molar-refractivity contribution < 1.29 is 4.74 Å². The first-order valence-electron chi connectivity index (χ1n) is 7.40. The number of nitrogens with two attached hydrogens (primary N) is 1. The lowest BCUT2D eigenvalue weighted by molar-refractivity contribution is 0.183. The first kappa shape index (κ1) is 14.3. The molecule has 0 aromatic heterocycles. The van der Waals surface area contributed by atoms with Gasteiger partial charge in [-0.1, -0.05) is 48.5 Å². The van der Waals surface area contributed by atoms with Gasteiger partial charge in [-0.05, 0) is 22.3 Å². The smallest absolute Gasteiger partial charge is 0.0713 e. The maximum absolute atomic E-state index is 6.07. The number of methoxy groups -OCH3 is 1. The Morgan fingerprint density at radius 2 is 1.81 bits per heavy atom. The third-order valence-electron chi connectivity index (χ3n) is 4.18. The number of rotatable bonds is 5. The van der Waals surface area contributed by atoms with Gasteiger partial charge >= 0.3 is 0 Å².